The number of benzene rings is 1. The van der Waals surface area contributed by atoms with Crippen molar-refractivity contribution in [3.8, 4) is 0 Å². The molecule has 3 atom stereocenters. The Morgan fingerprint density at radius 3 is 2.36 bits per heavy atom. The summed E-state index contributed by atoms with van der Waals surface area (Å²) >= 11 is 0. The van der Waals surface area contributed by atoms with E-state index in [9.17, 15) is 9.59 Å². The van der Waals surface area contributed by atoms with Crippen molar-refractivity contribution in [2.45, 2.75) is 52.1 Å². The first-order valence-electron chi connectivity index (χ1n) is 10.7. The molecule has 0 N–H and O–H groups in total. The van der Waals surface area contributed by atoms with Gasteiger partial charge in [-0.1, -0.05) is 24.3 Å². The standard InChI is InChI=1S/C23H33N3O2/c1-16-9-5-6-10-19(16)21-20-15-24(13-18(20)14-26(21)17(2)27)22(28)23(3,4)25-11-7-8-12-25/h5-6,9-10,18,20-21H,7-8,11-15H2,1-4H3/t18-,20-,21-/m1/s1. The topological polar surface area (TPSA) is 43.9 Å². The molecule has 28 heavy (non-hydrogen) atoms. The van der Waals surface area contributed by atoms with Crippen LogP contribution in [0.3, 0.4) is 0 Å². The number of amides is 2. The lowest BCUT2D eigenvalue weighted by Gasteiger charge is -2.38. The molecule has 4 rings (SSSR count). The first-order valence-corrected chi connectivity index (χ1v) is 10.7. The highest BCUT2D eigenvalue weighted by molar-refractivity contribution is 5.86. The van der Waals surface area contributed by atoms with Crippen molar-refractivity contribution in [2.24, 2.45) is 11.8 Å². The van der Waals surface area contributed by atoms with Crippen LogP contribution in [0.5, 0.6) is 0 Å². The van der Waals surface area contributed by atoms with Gasteiger partial charge in [0.2, 0.25) is 11.8 Å². The fourth-order valence-corrected chi connectivity index (χ4v) is 5.65. The van der Waals surface area contributed by atoms with Gasteiger partial charge in [0.15, 0.2) is 0 Å². The summed E-state index contributed by atoms with van der Waals surface area (Å²) in [7, 11) is 0. The molecular formula is C23H33N3O2. The summed E-state index contributed by atoms with van der Waals surface area (Å²) in [6.07, 6.45) is 2.37. The van der Waals surface area contributed by atoms with Gasteiger partial charge in [-0.3, -0.25) is 14.5 Å². The lowest BCUT2D eigenvalue weighted by molar-refractivity contribution is -0.141. The molecule has 0 spiro atoms. The van der Waals surface area contributed by atoms with E-state index in [2.05, 4.69) is 48.8 Å². The molecule has 1 aromatic rings. The van der Waals surface area contributed by atoms with Gasteiger partial charge in [-0.05, 0) is 57.8 Å². The molecule has 0 saturated carbocycles. The van der Waals surface area contributed by atoms with Crippen molar-refractivity contribution in [2.75, 3.05) is 32.7 Å². The molecule has 152 valence electrons. The third kappa shape index (κ3) is 3.14. The van der Waals surface area contributed by atoms with Crippen LogP contribution in [0.25, 0.3) is 0 Å². The van der Waals surface area contributed by atoms with Crippen LogP contribution in [0.1, 0.15) is 50.8 Å². The number of nitrogens with zero attached hydrogens (tertiary/aromatic N) is 3. The van der Waals surface area contributed by atoms with Crippen molar-refractivity contribution < 1.29 is 9.59 Å². The van der Waals surface area contributed by atoms with Crippen LogP contribution in [0.15, 0.2) is 24.3 Å². The molecule has 3 aliphatic rings. The maximum absolute atomic E-state index is 13.4. The Labute approximate surface area is 168 Å². The van der Waals surface area contributed by atoms with E-state index in [1.165, 1.54) is 24.0 Å². The summed E-state index contributed by atoms with van der Waals surface area (Å²) in [5.74, 6) is 1.08. The number of rotatable bonds is 3. The molecule has 3 fully saturated rings. The van der Waals surface area contributed by atoms with Gasteiger partial charge in [0.25, 0.3) is 0 Å². The highest BCUT2D eigenvalue weighted by Crippen LogP contribution is 2.46. The number of hydrogen-bond acceptors (Lipinski definition) is 3. The summed E-state index contributed by atoms with van der Waals surface area (Å²) in [6.45, 7) is 12.3. The SMILES string of the molecule is CC(=O)N1C[C@H]2CN(C(=O)C(C)(C)N3CCCC3)C[C@H]2[C@H]1c1ccccc1C. The monoisotopic (exact) mass is 383 g/mol. The van der Waals surface area contributed by atoms with Crippen molar-refractivity contribution in [3.05, 3.63) is 35.4 Å². The van der Waals surface area contributed by atoms with Gasteiger partial charge in [-0.15, -0.1) is 0 Å². The van der Waals surface area contributed by atoms with Crippen molar-refractivity contribution >= 4 is 11.8 Å². The van der Waals surface area contributed by atoms with Crippen LogP contribution < -0.4 is 0 Å². The highest BCUT2D eigenvalue weighted by atomic mass is 16.2. The van der Waals surface area contributed by atoms with Crippen molar-refractivity contribution in [1.82, 2.24) is 14.7 Å². The minimum atomic E-state index is -0.437. The van der Waals surface area contributed by atoms with E-state index >= 15 is 0 Å². The second kappa shape index (κ2) is 7.18. The Hall–Kier alpha value is -1.88. The average Bonchev–Trinajstić information content (AvgIpc) is 3.37. The highest BCUT2D eigenvalue weighted by Gasteiger charge is 2.51. The smallest absolute Gasteiger partial charge is 0.242 e. The lowest BCUT2D eigenvalue weighted by atomic mass is 9.87. The zero-order chi connectivity index (χ0) is 20.1. The van der Waals surface area contributed by atoms with E-state index in [-0.39, 0.29) is 17.9 Å². The van der Waals surface area contributed by atoms with E-state index < -0.39 is 5.54 Å². The molecule has 3 aliphatic heterocycles. The number of hydrogen-bond donors (Lipinski definition) is 0. The molecule has 0 bridgehead atoms. The predicted octanol–water partition coefficient (Wildman–Crippen LogP) is 2.85. The van der Waals surface area contributed by atoms with Crippen LogP contribution in [-0.2, 0) is 9.59 Å². The van der Waals surface area contributed by atoms with Gasteiger partial charge in [0.1, 0.15) is 0 Å². The average molecular weight is 384 g/mol. The minimum Gasteiger partial charge on any atom is -0.340 e. The molecule has 1 aromatic carbocycles. The first-order chi connectivity index (χ1) is 13.3. The Morgan fingerprint density at radius 1 is 1.04 bits per heavy atom. The third-order valence-corrected chi connectivity index (χ3v) is 7.28. The Morgan fingerprint density at radius 2 is 1.71 bits per heavy atom. The molecule has 0 unspecified atom stereocenters. The Bertz CT molecular complexity index is 769. The summed E-state index contributed by atoms with van der Waals surface area (Å²) < 4.78 is 0. The number of aryl methyl sites for hydroxylation is 1. The fourth-order valence-electron chi connectivity index (χ4n) is 5.65. The van der Waals surface area contributed by atoms with Crippen LogP contribution in [0.4, 0.5) is 0 Å². The molecule has 0 aromatic heterocycles. The Balaban J connectivity index is 1.57. The number of carbonyl (C=O) groups is 2. The molecule has 2 amide bonds. The first kappa shape index (κ1) is 19.4. The van der Waals surface area contributed by atoms with Gasteiger partial charge in [-0.2, -0.15) is 0 Å². The molecule has 0 radical (unpaired) electrons. The zero-order valence-corrected chi connectivity index (χ0v) is 17.6. The Kier molecular flexibility index (Phi) is 4.98. The number of fused-ring (bicyclic) bond motifs is 1. The lowest BCUT2D eigenvalue weighted by Crippen LogP contribution is -2.55. The predicted molar refractivity (Wildman–Crippen MR) is 110 cm³/mol. The quantitative estimate of drug-likeness (QED) is 0.806. The number of carbonyl (C=O) groups excluding carboxylic acids is 2. The van der Waals surface area contributed by atoms with Crippen molar-refractivity contribution in [1.29, 1.82) is 0 Å². The maximum Gasteiger partial charge on any atom is 0.242 e. The second-order valence-electron chi connectivity index (χ2n) is 9.36. The van der Waals surface area contributed by atoms with E-state index in [1.807, 2.05) is 11.0 Å². The van der Waals surface area contributed by atoms with E-state index in [0.717, 1.165) is 32.7 Å². The second-order valence-corrected chi connectivity index (χ2v) is 9.36. The van der Waals surface area contributed by atoms with Gasteiger partial charge in [-0.25, -0.2) is 0 Å². The molecule has 5 heteroatoms. The minimum absolute atomic E-state index is 0.0800. The van der Waals surface area contributed by atoms with Crippen LogP contribution in [0, 0.1) is 18.8 Å². The van der Waals surface area contributed by atoms with Crippen molar-refractivity contribution in [3.63, 3.8) is 0 Å². The summed E-state index contributed by atoms with van der Waals surface area (Å²) in [5, 5.41) is 0. The number of likely N-dealkylation sites (tertiary alicyclic amines) is 3. The van der Waals surface area contributed by atoms with Gasteiger partial charge >= 0.3 is 0 Å². The molecular weight excluding hydrogens is 350 g/mol. The van der Waals surface area contributed by atoms with E-state index in [0.29, 0.717) is 11.8 Å². The molecule has 3 saturated heterocycles. The largest absolute Gasteiger partial charge is 0.340 e. The van der Waals surface area contributed by atoms with Crippen LogP contribution in [0.2, 0.25) is 0 Å². The fraction of sp³-hybridized carbons (Fsp3) is 0.652. The summed E-state index contributed by atoms with van der Waals surface area (Å²) in [6, 6.07) is 8.46. The van der Waals surface area contributed by atoms with Crippen LogP contribution in [-0.4, -0.2) is 64.8 Å². The van der Waals surface area contributed by atoms with E-state index in [1.54, 1.807) is 6.92 Å². The molecule has 5 nitrogen and oxygen atoms in total. The van der Waals surface area contributed by atoms with Gasteiger partial charge < -0.3 is 9.80 Å². The van der Waals surface area contributed by atoms with Crippen LogP contribution >= 0.6 is 0 Å². The molecule has 3 heterocycles. The maximum atomic E-state index is 13.4. The zero-order valence-electron chi connectivity index (χ0n) is 17.6. The molecule has 0 aliphatic carbocycles. The summed E-state index contributed by atoms with van der Waals surface area (Å²) in [5.41, 5.74) is 2.02. The van der Waals surface area contributed by atoms with Gasteiger partial charge in [0.05, 0.1) is 11.6 Å². The summed E-state index contributed by atoms with van der Waals surface area (Å²) in [4.78, 5) is 32.2. The van der Waals surface area contributed by atoms with Gasteiger partial charge in [0, 0.05) is 38.4 Å². The normalized spacial score (nSPS) is 28.1. The third-order valence-electron chi connectivity index (χ3n) is 7.28. The van der Waals surface area contributed by atoms with E-state index in [4.69, 9.17) is 0 Å².